The summed E-state index contributed by atoms with van der Waals surface area (Å²) < 4.78 is 11.8. The summed E-state index contributed by atoms with van der Waals surface area (Å²) in [6.07, 6.45) is -4.71. The van der Waals surface area contributed by atoms with Crippen LogP contribution in [0.15, 0.2) is 42.5 Å². The first-order valence-corrected chi connectivity index (χ1v) is 12.0. The molecule has 0 bridgehead atoms. The topological polar surface area (TPSA) is 201 Å². The van der Waals surface area contributed by atoms with Crippen molar-refractivity contribution < 1.29 is 55.4 Å². The number of aromatic hydroxyl groups is 7. The smallest absolute Gasteiger partial charge is 0.169 e. The molecule has 39 heavy (non-hydrogen) atoms. The lowest BCUT2D eigenvalue weighted by atomic mass is 9.88. The van der Waals surface area contributed by atoms with E-state index < -0.39 is 41.7 Å². The number of rotatable bonds is 2. The van der Waals surface area contributed by atoms with Crippen LogP contribution in [0.2, 0.25) is 0 Å². The van der Waals surface area contributed by atoms with Gasteiger partial charge in [-0.3, -0.25) is 0 Å². The molecule has 202 valence electrons. The third kappa shape index (κ3) is 3.90. The van der Waals surface area contributed by atoms with Crippen molar-refractivity contribution in [3.63, 3.8) is 0 Å². The Hall–Kier alpha value is -4.74. The first kappa shape index (κ1) is 24.6. The minimum Gasteiger partial charge on any atom is -0.508 e. The molecule has 0 radical (unpaired) electrons. The molecule has 6 rings (SSSR count). The molecule has 0 saturated carbocycles. The Morgan fingerprint density at radius 3 is 1.69 bits per heavy atom. The van der Waals surface area contributed by atoms with E-state index in [1.807, 2.05) is 0 Å². The Balaban J connectivity index is 1.49. The molecule has 0 spiro atoms. The quantitative estimate of drug-likeness (QED) is 0.171. The van der Waals surface area contributed by atoms with E-state index >= 15 is 0 Å². The van der Waals surface area contributed by atoms with Gasteiger partial charge in [0.2, 0.25) is 0 Å². The Morgan fingerprint density at radius 2 is 1.10 bits per heavy atom. The molecule has 11 heteroatoms. The Kier molecular flexibility index (Phi) is 5.45. The van der Waals surface area contributed by atoms with Crippen LogP contribution in [0, 0.1) is 0 Å². The van der Waals surface area contributed by atoms with Gasteiger partial charge in [0, 0.05) is 53.8 Å². The summed E-state index contributed by atoms with van der Waals surface area (Å²) in [6, 6.07) is 8.73. The van der Waals surface area contributed by atoms with Crippen LogP contribution < -0.4 is 9.47 Å². The fourth-order valence-electron chi connectivity index (χ4n) is 5.42. The number of hydrogen-bond acceptors (Lipinski definition) is 11. The standard InChI is InChI=1S/C28H24O11/c29-11-3-17(31)15-8-21(35)27(38-23(15)5-11)10-1-13-14(7-20(34)26(37)25(13)19(33)2-10)28-22(36)9-16-18(32)4-12(30)6-24(16)39-28/h1-7,21-22,27-37H,8-9H2/t21-,22-,27-,28-/m1/s1. The second-order valence-corrected chi connectivity index (χ2v) is 9.80. The summed E-state index contributed by atoms with van der Waals surface area (Å²) in [7, 11) is 0. The van der Waals surface area contributed by atoms with E-state index in [4.69, 9.17) is 9.47 Å². The van der Waals surface area contributed by atoms with Crippen LogP contribution in [0.25, 0.3) is 10.8 Å². The van der Waals surface area contributed by atoms with E-state index in [0.29, 0.717) is 5.56 Å². The molecule has 2 heterocycles. The summed E-state index contributed by atoms with van der Waals surface area (Å²) in [6.45, 7) is 0. The molecule has 4 atom stereocenters. The number of aliphatic hydroxyl groups excluding tert-OH is 2. The van der Waals surface area contributed by atoms with E-state index in [2.05, 4.69) is 0 Å². The molecule has 9 N–H and O–H groups in total. The third-order valence-electron chi connectivity index (χ3n) is 7.23. The molecule has 4 aromatic carbocycles. The minimum absolute atomic E-state index is 0.0210. The monoisotopic (exact) mass is 536 g/mol. The first-order chi connectivity index (χ1) is 18.5. The average molecular weight is 536 g/mol. The van der Waals surface area contributed by atoms with Crippen molar-refractivity contribution in [1.82, 2.24) is 0 Å². The Labute approximate surface area is 220 Å². The minimum atomic E-state index is -1.24. The molecular weight excluding hydrogens is 512 g/mol. The number of aliphatic hydroxyl groups is 2. The third-order valence-corrected chi connectivity index (χ3v) is 7.23. The Morgan fingerprint density at radius 1 is 0.564 bits per heavy atom. The van der Waals surface area contributed by atoms with Crippen LogP contribution in [0.1, 0.15) is 34.5 Å². The lowest BCUT2D eigenvalue weighted by Crippen LogP contribution is -2.31. The first-order valence-electron chi connectivity index (χ1n) is 12.0. The van der Waals surface area contributed by atoms with Gasteiger partial charge in [-0.1, -0.05) is 0 Å². The van der Waals surface area contributed by atoms with Gasteiger partial charge in [-0.05, 0) is 29.1 Å². The van der Waals surface area contributed by atoms with Gasteiger partial charge in [-0.15, -0.1) is 0 Å². The van der Waals surface area contributed by atoms with Crippen LogP contribution in [-0.4, -0.2) is 58.2 Å². The molecule has 0 fully saturated rings. The fraction of sp³-hybridized carbons (Fsp3) is 0.214. The van der Waals surface area contributed by atoms with Crippen molar-refractivity contribution in [1.29, 1.82) is 0 Å². The van der Waals surface area contributed by atoms with Crippen molar-refractivity contribution >= 4 is 10.8 Å². The van der Waals surface area contributed by atoms with Crippen molar-refractivity contribution in [2.24, 2.45) is 0 Å². The lowest BCUT2D eigenvalue weighted by Gasteiger charge is -2.33. The zero-order valence-corrected chi connectivity index (χ0v) is 20.1. The summed E-state index contributed by atoms with van der Waals surface area (Å²) in [5.41, 5.74) is 0.998. The predicted molar refractivity (Wildman–Crippen MR) is 135 cm³/mol. The van der Waals surface area contributed by atoms with Crippen LogP contribution in [0.4, 0.5) is 0 Å². The maximum absolute atomic E-state index is 11.0. The SMILES string of the molecule is Oc1cc(O)c2c(c1)O[C@H](c1cc(O)c3c(O)c(O)cc([C@H]4Oc5cc(O)cc(O)c5C[C@H]4O)c3c1)[C@H](O)C2. The molecule has 11 nitrogen and oxygen atoms in total. The van der Waals surface area contributed by atoms with Gasteiger partial charge >= 0.3 is 0 Å². The maximum Gasteiger partial charge on any atom is 0.169 e. The zero-order chi connectivity index (χ0) is 27.7. The molecule has 2 aliphatic heterocycles. The lowest BCUT2D eigenvalue weighted by molar-refractivity contribution is 0.0192. The van der Waals surface area contributed by atoms with Crippen LogP contribution in [0.3, 0.4) is 0 Å². The number of fused-ring (bicyclic) bond motifs is 3. The summed E-state index contributed by atoms with van der Waals surface area (Å²) >= 11 is 0. The number of phenols is 7. The summed E-state index contributed by atoms with van der Waals surface area (Å²) in [4.78, 5) is 0. The Bertz CT molecular complexity index is 1650. The fourth-order valence-corrected chi connectivity index (χ4v) is 5.42. The van der Waals surface area contributed by atoms with Crippen LogP contribution in [0.5, 0.6) is 51.7 Å². The number of phenolic OH excluding ortho intramolecular Hbond substituents is 7. The number of hydrogen-bond donors (Lipinski definition) is 9. The molecule has 0 unspecified atom stereocenters. The highest BCUT2D eigenvalue weighted by Crippen LogP contribution is 2.49. The average Bonchev–Trinajstić information content (AvgIpc) is 2.86. The van der Waals surface area contributed by atoms with Crippen LogP contribution in [-0.2, 0) is 12.8 Å². The zero-order valence-electron chi connectivity index (χ0n) is 20.1. The number of benzene rings is 4. The van der Waals surface area contributed by atoms with E-state index in [1.54, 1.807) is 0 Å². The summed E-state index contributed by atoms with van der Waals surface area (Å²) in [5, 5.41) is 93.9. The molecular formula is C28H24O11. The van der Waals surface area contributed by atoms with E-state index in [1.165, 1.54) is 30.3 Å². The van der Waals surface area contributed by atoms with E-state index in [0.717, 1.165) is 12.1 Å². The molecule has 2 aliphatic rings. The van der Waals surface area contributed by atoms with Gasteiger partial charge in [-0.2, -0.15) is 0 Å². The highest BCUT2D eigenvalue weighted by molar-refractivity contribution is 5.98. The van der Waals surface area contributed by atoms with Crippen molar-refractivity contribution in [3.05, 3.63) is 64.7 Å². The molecule has 0 saturated heterocycles. The second kappa shape index (κ2) is 8.65. The number of ether oxygens (including phenoxy) is 2. The molecule has 0 amide bonds. The molecule has 0 aliphatic carbocycles. The maximum atomic E-state index is 11.0. The van der Waals surface area contributed by atoms with E-state index in [-0.39, 0.29) is 74.8 Å². The van der Waals surface area contributed by atoms with Gasteiger partial charge in [0.05, 0.1) is 17.6 Å². The van der Waals surface area contributed by atoms with Gasteiger partial charge in [0.25, 0.3) is 0 Å². The molecule has 4 aromatic rings. The van der Waals surface area contributed by atoms with E-state index in [9.17, 15) is 46.0 Å². The van der Waals surface area contributed by atoms with Gasteiger partial charge < -0.3 is 55.4 Å². The highest BCUT2D eigenvalue weighted by atomic mass is 16.5. The van der Waals surface area contributed by atoms with Crippen molar-refractivity contribution in [3.8, 4) is 51.7 Å². The van der Waals surface area contributed by atoms with Gasteiger partial charge in [0.1, 0.15) is 46.4 Å². The van der Waals surface area contributed by atoms with Gasteiger partial charge in [-0.25, -0.2) is 0 Å². The second-order valence-electron chi connectivity index (χ2n) is 9.80. The van der Waals surface area contributed by atoms with Gasteiger partial charge in [0.15, 0.2) is 17.6 Å². The van der Waals surface area contributed by atoms with Crippen molar-refractivity contribution in [2.75, 3.05) is 0 Å². The molecule has 0 aromatic heterocycles. The van der Waals surface area contributed by atoms with Crippen molar-refractivity contribution in [2.45, 2.75) is 37.3 Å². The predicted octanol–water partition coefficient (Wildman–Crippen LogP) is 2.85. The summed E-state index contributed by atoms with van der Waals surface area (Å²) in [5.74, 6) is -2.44. The van der Waals surface area contributed by atoms with Crippen LogP contribution >= 0.6 is 0 Å². The highest BCUT2D eigenvalue weighted by Gasteiger charge is 2.36. The normalized spacial score (nSPS) is 22.0. The largest absolute Gasteiger partial charge is 0.508 e.